The van der Waals surface area contributed by atoms with Crippen LogP contribution in [-0.2, 0) is 4.79 Å². The number of hydrogen-bond donors (Lipinski definition) is 2. The molecule has 0 saturated carbocycles. The molecule has 0 aliphatic heterocycles. The van der Waals surface area contributed by atoms with Gasteiger partial charge in [0.2, 0.25) is 0 Å². The minimum atomic E-state index is -1.04. The highest BCUT2D eigenvalue weighted by Crippen LogP contribution is 2.17. The summed E-state index contributed by atoms with van der Waals surface area (Å²) in [6, 6.07) is 13.8. The van der Waals surface area contributed by atoms with Gasteiger partial charge in [-0.2, -0.15) is 0 Å². The second-order valence-electron chi connectivity index (χ2n) is 4.89. The van der Waals surface area contributed by atoms with Gasteiger partial charge in [-0.15, -0.1) is 0 Å². The van der Waals surface area contributed by atoms with E-state index < -0.39 is 12.1 Å². The molecule has 0 bridgehead atoms. The number of ether oxygens (including phenoxy) is 1. The van der Waals surface area contributed by atoms with Gasteiger partial charge in [0, 0.05) is 11.3 Å². The molecule has 2 aromatic rings. The van der Waals surface area contributed by atoms with Crippen LogP contribution in [0.2, 0.25) is 0 Å². The van der Waals surface area contributed by atoms with E-state index in [1.54, 1.807) is 24.3 Å². The second kappa shape index (κ2) is 6.76. The number of nitrogens with one attached hydrogen (secondary N) is 1. The summed E-state index contributed by atoms with van der Waals surface area (Å²) >= 11 is 0. The first kappa shape index (κ1) is 15.6. The van der Waals surface area contributed by atoms with Crippen LogP contribution in [-0.4, -0.2) is 23.1 Å². The Hall–Kier alpha value is -2.82. The summed E-state index contributed by atoms with van der Waals surface area (Å²) < 4.78 is 5.22. The van der Waals surface area contributed by atoms with Gasteiger partial charge in [0.15, 0.2) is 6.10 Å². The van der Waals surface area contributed by atoms with E-state index in [9.17, 15) is 9.59 Å². The van der Waals surface area contributed by atoms with Crippen molar-refractivity contribution in [3.63, 3.8) is 0 Å². The molecule has 2 aromatic carbocycles. The Balaban J connectivity index is 2.05. The van der Waals surface area contributed by atoms with Crippen molar-refractivity contribution >= 4 is 17.6 Å². The van der Waals surface area contributed by atoms with E-state index in [1.165, 1.54) is 6.92 Å². The van der Waals surface area contributed by atoms with Crippen molar-refractivity contribution in [3.05, 3.63) is 59.7 Å². The fraction of sp³-hybridized carbons (Fsp3) is 0.176. The zero-order valence-corrected chi connectivity index (χ0v) is 12.4. The van der Waals surface area contributed by atoms with Crippen LogP contribution in [0.1, 0.15) is 22.8 Å². The van der Waals surface area contributed by atoms with E-state index in [0.29, 0.717) is 11.3 Å². The molecule has 22 heavy (non-hydrogen) atoms. The minimum absolute atomic E-state index is 0.230. The number of anilines is 1. The number of aryl methyl sites for hydroxylation is 1. The molecule has 1 unspecified atom stereocenters. The van der Waals surface area contributed by atoms with Crippen LogP contribution in [0.5, 0.6) is 5.75 Å². The summed E-state index contributed by atoms with van der Waals surface area (Å²) in [6.07, 6.45) is -0.938. The van der Waals surface area contributed by atoms with Crippen LogP contribution in [0.15, 0.2) is 48.5 Å². The van der Waals surface area contributed by atoms with Crippen LogP contribution >= 0.6 is 0 Å². The lowest BCUT2D eigenvalue weighted by molar-refractivity contribution is -0.144. The monoisotopic (exact) mass is 299 g/mol. The average Bonchev–Trinajstić information content (AvgIpc) is 2.50. The first-order valence-corrected chi connectivity index (χ1v) is 6.84. The molecule has 0 saturated heterocycles. The van der Waals surface area contributed by atoms with Gasteiger partial charge in [-0.25, -0.2) is 4.79 Å². The van der Waals surface area contributed by atoms with Crippen LogP contribution in [0.4, 0.5) is 5.69 Å². The van der Waals surface area contributed by atoms with Gasteiger partial charge in [-0.3, -0.25) is 4.79 Å². The second-order valence-corrected chi connectivity index (χ2v) is 4.89. The maximum Gasteiger partial charge on any atom is 0.344 e. The minimum Gasteiger partial charge on any atom is -0.479 e. The maximum absolute atomic E-state index is 12.2. The van der Waals surface area contributed by atoms with E-state index in [-0.39, 0.29) is 5.91 Å². The molecule has 2 rings (SSSR count). The topological polar surface area (TPSA) is 75.6 Å². The fourth-order valence-electron chi connectivity index (χ4n) is 1.85. The average molecular weight is 299 g/mol. The SMILES string of the molecule is Cc1ccccc1NC(=O)c1ccc(OC(C)C(=O)O)cc1. The van der Waals surface area contributed by atoms with Gasteiger partial charge in [0.25, 0.3) is 5.91 Å². The lowest BCUT2D eigenvalue weighted by atomic mass is 10.1. The Morgan fingerprint density at radius 1 is 1.09 bits per heavy atom. The number of aliphatic carboxylic acids is 1. The molecule has 0 aromatic heterocycles. The number of amides is 1. The van der Waals surface area contributed by atoms with Gasteiger partial charge in [0.1, 0.15) is 5.75 Å². The highest BCUT2D eigenvalue weighted by Gasteiger charge is 2.13. The molecule has 1 atom stereocenters. The number of carbonyl (C=O) groups excluding carboxylic acids is 1. The first-order valence-electron chi connectivity index (χ1n) is 6.84. The third kappa shape index (κ3) is 3.85. The zero-order chi connectivity index (χ0) is 16.1. The molecule has 1 amide bonds. The van der Waals surface area contributed by atoms with Crippen molar-refractivity contribution in [2.24, 2.45) is 0 Å². The lowest BCUT2D eigenvalue weighted by Gasteiger charge is -2.11. The van der Waals surface area contributed by atoms with Crippen molar-refractivity contribution in [1.29, 1.82) is 0 Å². The van der Waals surface area contributed by atoms with Gasteiger partial charge < -0.3 is 15.2 Å². The Morgan fingerprint density at radius 2 is 1.73 bits per heavy atom. The summed E-state index contributed by atoms with van der Waals surface area (Å²) in [4.78, 5) is 22.9. The maximum atomic E-state index is 12.2. The number of para-hydroxylation sites is 1. The number of carboxylic acid groups (broad SMARTS) is 1. The number of rotatable bonds is 5. The standard InChI is InChI=1S/C17H17NO4/c1-11-5-3-4-6-15(11)18-16(19)13-7-9-14(10-8-13)22-12(2)17(20)21/h3-10,12H,1-2H3,(H,18,19)(H,20,21). The highest BCUT2D eigenvalue weighted by atomic mass is 16.5. The molecule has 2 N–H and O–H groups in total. The van der Waals surface area contributed by atoms with Crippen LogP contribution in [0.3, 0.4) is 0 Å². The summed E-state index contributed by atoms with van der Waals surface area (Å²) in [7, 11) is 0. The molecule has 0 spiro atoms. The van der Waals surface area contributed by atoms with Gasteiger partial charge in [-0.05, 0) is 49.7 Å². The zero-order valence-electron chi connectivity index (χ0n) is 12.4. The quantitative estimate of drug-likeness (QED) is 0.889. The number of carbonyl (C=O) groups is 2. The Kier molecular flexibility index (Phi) is 4.78. The fourth-order valence-corrected chi connectivity index (χ4v) is 1.85. The molecule has 0 radical (unpaired) electrons. The molecular weight excluding hydrogens is 282 g/mol. The van der Waals surface area contributed by atoms with Gasteiger partial charge in [0.05, 0.1) is 0 Å². The van der Waals surface area contributed by atoms with E-state index in [4.69, 9.17) is 9.84 Å². The predicted molar refractivity (Wildman–Crippen MR) is 83.3 cm³/mol. The van der Waals surface area contributed by atoms with Gasteiger partial charge >= 0.3 is 5.97 Å². The van der Waals surface area contributed by atoms with E-state index in [2.05, 4.69) is 5.32 Å². The smallest absolute Gasteiger partial charge is 0.344 e. The molecule has 0 heterocycles. The number of carboxylic acids is 1. The first-order chi connectivity index (χ1) is 10.5. The molecule has 114 valence electrons. The van der Waals surface area contributed by atoms with Crippen molar-refractivity contribution in [2.45, 2.75) is 20.0 Å². The third-order valence-electron chi connectivity index (χ3n) is 3.17. The third-order valence-corrected chi connectivity index (χ3v) is 3.17. The van der Waals surface area contributed by atoms with Crippen molar-refractivity contribution in [2.75, 3.05) is 5.32 Å². The van der Waals surface area contributed by atoms with E-state index >= 15 is 0 Å². The molecule has 0 aliphatic carbocycles. The summed E-state index contributed by atoms with van der Waals surface area (Å²) in [6.45, 7) is 3.36. The predicted octanol–water partition coefficient (Wildman–Crippen LogP) is 3.10. The molecule has 0 aliphatic rings. The summed E-state index contributed by atoms with van der Waals surface area (Å²) in [5, 5.41) is 11.6. The highest BCUT2D eigenvalue weighted by molar-refractivity contribution is 6.04. The van der Waals surface area contributed by atoms with Crippen LogP contribution in [0, 0.1) is 6.92 Å². The summed E-state index contributed by atoms with van der Waals surface area (Å²) in [5.41, 5.74) is 2.21. The molecule has 5 heteroatoms. The van der Waals surface area contributed by atoms with Gasteiger partial charge in [-0.1, -0.05) is 18.2 Å². The number of benzene rings is 2. The molecule has 5 nitrogen and oxygen atoms in total. The van der Waals surface area contributed by atoms with E-state index in [1.807, 2.05) is 31.2 Å². The van der Waals surface area contributed by atoms with Crippen molar-refractivity contribution in [1.82, 2.24) is 0 Å². The summed E-state index contributed by atoms with van der Waals surface area (Å²) in [5.74, 6) is -0.865. The Morgan fingerprint density at radius 3 is 2.32 bits per heavy atom. The Labute approximate surface area is 128 Å². The largest absolute Gasteiger partial charge is 0.479 e. The Bertz CT molecular complexity index is 679. The van der Waals surface area contributed by atoms with Crippen LogP contribution in [0.25, 0.3) is 0 Å². The molecule has 0 fully saturated rings. The molecular formula is C17H17NO4. The van der Waals surface area contributed by atoms with E-state index in [0.717, 1.165) is 11.3 Å². The number of hydrogen-bond acceptors (Lipinski definition) is 3. The normalized spacial score (nSPS) is 11.5. The van der Waals surface area contributed by atoms with Crippen LogP contribution < -0.4 is 10.1 Å². The van der Waals surface area contributed by atoms with Crippen molar-refractivity contribution in [3.8, 4) is 5.75 Å². The van der Waals surface area contributed by atoms with Crippen molar-refractivity contribution < 1.29 is 19.4 Å². The lowest BCUT2D eigenvalue weighted by Crippen LogP contribution is -2.22.